The van der Waals surface area contributed by atoms with Crippen molar-refractivity contribution in [3.05, 3.63) is 65.2 Å². The minimum atomic E-state index is -4.16. The highest BCUT2D eigenvalue weighted by molar-refractivity contribution is 7.92. The number of nitrogens with one attached hydrogen (secondary N) is 1. The molecule has 0 saturated carbocycles. The van der Waals surface area contributed by atoms with Gasteiger partial charge in [0.1, 0.15) is 6.10 Å². The summed E-state index contributed by atoms with van der Waals surface area (Å²) in [4.78, 5) is 19.6. The summed E-state index contributed by atoms with van der Waals surface area (Å²) >= 11 is 0. The lowest BCUT2D eigenvalue weighted by molar-refractivity contribution is 0.0696. The Bertz CT molecular complexity index is 1240. The number of benzene rings is 2. The first-order chi connectivity index (χ1) is 15.1. The third kappa shape index (κ3) is 5.21. The lowest BCUT2D eigenvalue weighted by Gasteiger charge is -2.16. The van der Waals surface area contributed by atoms with Gasteiger partial charge in [0, 0.05) is 18.2 Å². The molecule has 3 rings (SSSR count). The lowest BCUT2D eigenvalue weighted by atomic mass is 10.00. The maximum Gasteiger partial charge on any atom is 0.335 e. The molecule has 9 nitrogen and oxygen atoms in total. The second-order valence-corrected chi connectivity index (χ2v) is 8.97. The summed E-state index contributed by atoms with van der Waals surface area (Å²) in [6, 6.07) is 12.4. The number of aryl methyl sites for hydroxylation is 2. The molecule has 0 amide bonds. The second-order valence-electron chi connectivity index (χ2n) is 7.28. The van der Waals surface area contributed by atoms with Gasteiger partial charge in [0.25, 0.3) is 10.0 Å². The normalized spacial score (nSPS) is 12.2. The SMILES string of the molecule is Cc1cccc(C)c1-c1cc(OC(C)CN)nc(NS(=O)(=O)c2cccc(C(=O)O)c2)n1. The van der Waals surface area contributed by atoms with Crippen LogP contribution in [0.15, 0.2) is 53.4 Å². The van der Waals surface area contributed by atoms with Gasteiger partial charge in [-0.05, 0) is 50.1 Å². The molecular weight excluding hydrogens is 432 g/mol. The van der Waals surface area contributed by atoms with Crippen LogP contribution in [0.4, 0.5) is 5.95 Å². The summed E-state index contributed by atoms with van der Waals surface area (Å²) < 4.78 is 33.9. The van der Waals surface area contributed by atoms with Crippen LogP contribution in [0, 0.1) is 13.8 Å². The van der Waals surface area contributed by atoms with Crippen LogP contribution in [-0.4, -0.2) is 42.1 Å². The van der Waals surface area contributed by atoms with Crippen molar-refractivity contribution in [3.63, 3.8) is 0 Å². The third-order valence-electron chi connectivity index (χ3n) is 4.71. The number of aromatic nitrogens is 2. The molecular formula is C22H24N4O5S. The number of aromatic carboxylic acids is 1. The van der Waals surface area contributed by atoms with Crippen molar-refractivity contribution in [2.24, 2.45) is 5.73 Å². The number of hydrogen-bond donors (Lipinski definition) is 3. The van der Waals surface area contributed by atoms with Gasteiger partial charge in [-0.1, -0.05) is 24.3 Å². The van der Waals surface area contributed by atoms with Crippen LogP contribution in [0.25, 0.3) is 11.3 Å². The lowest BCUT2D eigenvalue weighted by Crippen LogP contribution is -2.24. The molecule has 0 aliphatic rings. The molecule has 3 aromatic rings. The van der Waals surface area contributed by atoms with Crippen LogP contribution in [0.1, 0.15) is 28.4 Å². The molecule has 32 heavy (non-hydrogen) atoms. The zero-order valence-corrected chi connectivity index (χ0v) is 18.7. The van der Waals surface area contributed by atoms with Crippen molar-refractivity contribution < 1.29 is 23.1 Å². The van der Waals surface area contributed by atoms with Gasteiger partial charge in [-0.25, -0.2) is 22.9 Å². The zero-order chi connectivity index (χ0) is 23.5. The first-order valence-corrected chi connectivity index (χ1v) is 11.3. The molecule has 0 aliphatic carbocycles. The number of sulfonamides is 1. The maximum atomic E-state index is 12.9. The summed E-state index contributed by atoms with van der Waals surface area (Å²) in [6.07, 6.45) is -0.354. The van der Waals surface area contributed by atoms with Gasteiger partial charge in [-0.2, -0.15) is 4.98 Å². The van der Waals surface area contributed by atoms with Crippen molar-refractivity contribution in [2.75, 3.05) is 11.3 Å². The molecule has 4 N–H and O–H groups in total. The summed E-state index contributed by atoms with van der Waals surface area (Å²) in [5, 5.41) is 9.16. The van der Waals surface area contributed by atoms with E-state index in [0.717, 1.165) is 22.8 Å². The Kier molecular flexibility index (Phi) is 6.75. The molecule has 2 aromatic carbocycles. The van der Waals surface area contributed by atoms with Gasteiger partial charge >= 0.3 is 5.97 Å². The van der Waals surface area contributed by atoms with E-state index in [9.17, 15) is 13.2 Å². The van der Waals surface area contributed by atoms with E-state index in [1.807, 2.05) is 32.0 Å². The molecule has 1 atom stereocenters. The summed E-state index contributed by atoms with van der Waals surface area (Å²) in [6.45, 7) is 5.86. The number of anilines is 1. The fraction of sp³-hybridized carbons (Fsp3) is 0.227. The largest absolute Gasteiger partial charge is 0.478 e. The Labute approximate surface area is 186 Å². The first kappa shape index (κ1) is 23.2. The van der Waals surface area contributed by atoms with E-state index in [2.05, 4.69) is 14.7 Å². The standard InChI is InChI=1S/C22H24N4O5S/c1-13-6-4-7-14(2)20(13)18-11-19(31-15(3)12-23)25-22(24-18)26-32(29,30)17-9-5-8-16(10-17)21(27)28/h4-11,15H,12,23H2,1-3H3,(H,27,28)(H,24,25,26). The topological polar surface area (TPSA) is 144 Å². The van der Waals surface area contributed by atoms with Gasteiger partial charge in [0.15, 0.2) is 0 Å². The molecule has 0 bridgehead atoms. The van der Waals surface area contributed by atoms with Crippen molar-refractivity contribution in [1.82, 2.24) is 9.97 Å². The molecule has 1 aromatic heterocycles. The Hall–Kier alpha value is -3.50. The highest BCUT2D eigenvalue weighted by Gasteiger charge is 2.20. The van der Waals surface area contributed by atoms with Crippen LogP contribution in [-0.2, 0) is 10.0 Å². The molecule has 168 valence electrons. The average Bonchev–Trinajstić information content (AvgIpc) is 2.73. The van der Waals surface area contributed by atoms with Crippen LogP contribution >= 0.6 is 0 Å². The van der Waals surface area contributed by atoms with Crippen LogP contribution < -0.4 is 15.2 Å². The Balaban J connectivity index is 2.08. The van der Waals surface area contributed by atoms with Gasteiger partial charge in [0.05, 0.1) is 16.2 Å². The quantitative estimate of drug-likeness (QED) is 0.469. The van der Waals surface area contributed by atoms with Gasteiger partial charge in [0.2, 0.25) is 11.8 Å². The van der Waals surface area contributed by atoms with Crippen molar-refractivity contribution in [1.29, 1.82) is 0 Å². The predicted molar refractivity (Wildman–Crippen MR) is 120 cm³/mol. The molecule has 0 radical (unpaired) electrons. The number of hydrogen-bond acceptors (Lipinski definition) is 7. The minimum Gasteiger partial charge on any atom is -0.478 e. The predicted octanol–water partition coefficient (Wildman–Crippen LogP) is 2.99. The summed E-state index contributed by atoms with van der Waals surface area (Å²) in [5.41, 5.74) is 8.69. The highest BCUT2D eigenvalue weighted by atomic mass is 32.2. The molecule has 10 heteroatoms. The Morgan fingerprint density at radius 3 is 2.41 bits per heavy atom. The van der Waals surface area contributed by atoms with Crippen LogP contribution in [0.2, 0.25) is 0 Å². The van der Waals surface area contributed by atoms with Gasteiger partial charge in [-0.3, -0.25) is 0 Å². The van der Waals surface area contributed by atoms with Crippen LogP contribution in [0.3, 0.4) is 0 Å². The molecule has 0 saturated heterocycles. The Morgan fingerprint density at radius 2 is 1.78 bits per heavy atom. The first-order valence-electron chi connectivity index (χ1n) is 9.79. The van der Waals surface area contributed by atoms with E-state index >= 15 is 0 Å². The van der Waals surface area contributed by atoms with Crippen molar-refractivity contribution in [3.8, 4) is 17.1 Å². The maximum absolute atomic E-state index is 12.9. The monoisotopic (exact) mass is 456 g/mol. The number of nitrogens with two attached hydrogens (primary N) is 1. The number of ether oxygens (including phenoxy) is 1. The number of rotatable bonds is 8. The smallest absolute Gasteiger partial charge is 0.335 e. The van der Waals surface area contributed by atoms with Crippen LogP contribution in [0.5, 0.6) is 5.88 Å². The number of nitrogens with zero attached hydrogens (tertiary/aromatic N) is 2. The zero-order valence-electron chi connectivity index (χ0n) is 17.9. The van der Waals surface area contributed by atoms with Gasteiger partial charge < -0.3 is 15.6 Å². The molecule has 0 aliphatic heterocycles. The number of carboxylic acid groups (broad SMARTS) is 1. The number of carboxylic acids is 1. The molecule has 1 heterocycles. The molecule has 1 unspecified atom stereocenters. The van der Waals surface area contributed by atoms with E-state index in [-0.39, 0.29) is 34.9 Å². The Morgan fingerprint density at radius 1 is 1.12 bits per heavy atom. The average molecular weight is 457 g/mol. The third-order valence-corrected chi connectivity index (χ3v) is 6.04. The van der Waals surface area contributed by atoms with E-state index in [4.69, 9.17) is 15.6 Å². The summed E-state index contributed by atoms with van der Waals surface area (Å²) in [7, 11) is -4.16. The molecule has 0 spiro atoms. The molecule has 0 fully saturated rings. The highest BCUT2D eigenvalue weighted by Crippen LogP contribution is 2.29. The van der Waals surface area contributed by atoms with E-state index in [0.29, 0.717) is 5.69 Å². The van der Waals surface area contributed by atoms with Crippen molar-refractivity contribution in [2.45, 2.75) is 31.8 Å². The minimum absolute atomic E-state index is 0.154. The second kappa shape index (κ2) is 9.33. The van der Waals surface area contributed by atoms with E-state index < -0.39 is 16.0 Å². The van der Waals surface area contributed by atoms with E-state index in [1.165, 1.54) is 18.2 Å². The summed E-state index contributed by atoms with van der Waals surface area (Å²) in [5.74, 6) is -1.28. The van der Waals surface area contributed by atoms with Gasteiger partial charge in [-0.15, -0.1) is 0 Å². The van der Waals surface area contributed by atoms with E-state index in [1.54, 1.807) is 13.0 Å². The fourth-order valence-electron chi connectivity index (χ4n) is 3.11. The van der Waals surface area contributed by atoms with Crippen molar-refractivity contribution >= 4 is 21.9 Å². The number of carbonyl (C=O) groups is 1. The fourth-order valence-corrected chi connectivity index (χ4v) is 4.10.